The van der Waals surface area contributed by atoms with E-state index in [-0.39, 0.29) is 48.0 Å². The third-order valence-corrected chi connectivity index (χ3v) is 9.82. The van der Waals surface area contributed by atoms with Gasteiger partial charge in [-0.15, -0.1) is 24.8 Å². The van der Waals surface area contributed by atoms with E-state index in [9.17, 15) is 0 Å². The number of hydrogen-bond donors (Lipinski definition) is 0. The van der Waals surface area contributed by atoms with Gasteiger partial charge in [-0.05, 0) is 0 Å². The molecule has 0 amide bonds. The Hall–Kier alpha value is -0.0969. The molecule has 0 aliphatic rings. The summed E-state index contributed by atoms with van der Waals surface area (Å²) in [4.78, 5) is 0. The molecule has 0 saturated carbocycles. The first-order valence-electron chi connectivity index (χ1n) is 7.74. The number of benzene rings is 2. The fourth-order valence-electron chi connectivity index (χ4n) is 2.67. The second-order valence-corrected chi connectivity index (χ2v) is 10.1. The summed E-state index contributed by atoms with van der Waals surface area (Å²) in [5, 5.41) is 0. The molecule has 0 aromatic heterocycles. The summed E-state index contributed by atoms with van der Waals surface area (Å²) in [6.07, 6.45) is 0. The van der Waals surface area contributed by atoms with Crippen LogP contribution in [0, 0.1) is 0 Å². The van der Waals surface area contributed by atoms with Gasteiger partial charge in [-0.2, -0.15) is 0 Å². The summed E-state index contributed by atoms with van der Waals surface area (Å²) in [6.45, 7) is 9.61. The van der Waals surface area contributed by atoms with Crippen molar-refractivity contribution in [3.05, 3.63) is 71.8 Å². The van der Waals surface area contributed by atoms with Crippen molar-refractivity contribution in [3.8, 4) is 0 Å². The molecule has 0 unspecified atom stereocenters. The maximum absolute atomic E-state index is 2.40. The summed E-state index contributed by atoms with van der Waals surface area (Å²) >= 11 is -0.384. The van der Waals surface area contributed by atoms with Crippen molar-refractivity contribution in [2.24, 2.45) is 0 Å². The molecule has 2 aromatic rings. The Labute approximate surface area is 165 Å². The maximum Gasteiger partial charge on any atom is -0.147 e. The van der Waals surface area contributed by atoms with Crippen LogP contribution in [0.15, 0.2) is 60.7 Å². The fraction of sp³-hybridized carbons (Fsp3) is 0.400. The van der Waals surface area contributed by atoms with E-state index < -0.39 is 0 Å². The Morgan fingerprint density at radius 2 is 0.913 bits per heavy atom. The van der Waals surface area contributed by atoms with E-state index in [4.69, 9.17) is 0 Å². The van der Waals surface area contributed by atoms with Crippen molar-refractivity contribution in [2.75, 3.05) is 0 Å². The molecule has 0 radical (unpaired) electrons. The fourth-order valence-corrected chi connectivity index (χ4v) is 7.05. The van der Waals surface area contributed by atoms with Gasteiger partial charge in [0.05, 0.1) is 0 Å². The molecule has 0 aliphatic carbocycles. The molecule has 0 saturated heterocycles. The van der Waals surface area contributed by atoms with E-state index in [2.05, 4.69) is 88.4 Å². The van der Waals surface area contributed by atoms with Crippen LogP contribution in [-0.4, -0.2) is 0 Å². The summed E-state index contributed by atoms with van der Waals surface area (Å²) in [5.74, 6) is 0. The van der Waals surface area contributed by atoms with Crippen molar-refractivity contribution < 1.29 is 23.2 Å². The molecule has 0 nitrogen and oxygen atoms in total. The van der Waals surface area contributed by atoms with Crippen LogP contribution in [0.3, 0.4) is 0 Å². The van der Waals surface area contributed by atoms with Gasteiger partial charge >= 0.3 is 142 Å². The van der Waals surface area contributed by atoms with Crippen molar-refractivity contribution in [1.29, 1.82) is 0 Å². The molecular weight excluding hydrogens is 402 g/mol. The van der Waals surface area contributed by atoms with Gasteiger partial charge in [-0.1, -0.05) is 0 Å². The Bertz CT molecular complexity index is 499. The summed E-state index contributed by atoms with van der Waals surface area (Å²) < 4.78 is 2.80. The van der Waals surface area contributed by atoms with Gasteiger partial charge in [0.1, 0.15) is 0 Å². The molecule has 0 aliphatic heterocycles. The van der Waals surface area contributed by atoms with E-state index in [1.165, 1.54) is 19.4 Å². The quantitative estimate of drug-likeness (QED) is 0.478. The van der Waals surface area contributed by atoms with Crippen LogP contribution in [-0.2, 0) is 34.1 Å². The van der Waals surface area contributed by atoms with Crippen LogP contribution in [0.5, 0.6) is 0 Å². The first-order valence-corrected chi connectivity index (χ1v) is 11.2. The van der Waals surface area contributed by atoms with Crippen LogP contribution in [0.2, 0.25) is 8.26 Å². The Balaban J connectivity index is 0.00000242. The van der Waals surface area contributed by atoms with Gasteiger partial charge in [0.15, 0.2) is 0 Å². The average Bonchev–Trinajstić information content (AvgIpc) is 2.49. The van der Waals surface area contributed by atoms with Gasteiger partial charge in [0, 0.05) is 0 Å². The Morgan fingerprint density at radius 1 is 0.609 bits per heavy atom. The van der Waals surface area contributed by atoms with Crippen LogP contribution in [0.25, 0.3) is 0 Å². The molecule has 2 aromatic carbocycles. The molecule has 126 valence electrons. The molecule has 0 heterocycles. The van der Waals surface area contributed by atoms with Crippen molar-refractivity contribution in [3.63, 3.8) is 0 Å². The zero-order chi connectivity index (χ0) is 15.3. The molecular formula is C20H28Cl2Zr. The zero-order valence-corrected chi connectivity index (χ0v) is 18.6. The number of halogens is 2. The predicted molar refractivity (Wildman–Crippen MR) is 103 cm³/mol. The molecule has 2 rings (SSSR count). The third kappa shape index (κ3) is 6.73. The standard InChI is InChI=1S/2C10H13.2ClH.Zr/c2*1-10(2,3)9-7-5-4-6-8-9;;;/h2*4-8H,1H2,2-3H3;2*1H;. The predicted octanol–water partition coefficient (Wildman–Crippen LogP) is 6.70. The van der Waals surface area contributed by atoms with Crippen LogP contribution in [0.4, 0.5) is 0 Å². The maximum atomic E-state index is 2.40. The van der Waals surface area contributed by atoms with Gasteiger partial charge in [0.25, 0.3) is 0 Å². The molecule has 23 heavy (non-hydrogen) atoms. The van der Waals surface area contributed by atoms with E-state index in [0.29, 0.717) is 10.8 Å². The second-order valence-electron chi connectivity index (χ2n) is 7.10. The Morgan fingerprint density at radius 3 is 1.22 bits per heavy atom. The molecule has 3 heteroatoms. The third-order valence-electron chi connectivity index (χ3n) is 4.24. The smallest absolute Gasteiger partial charge is 0.147 e. The molecule has 0 atom stereocenters. The molecule has 0 fully saturated rings. The van der Waals surface area contributed by atoms with Crippen LogP contribution < -0.4 is 0 Å². The largest absolute Gasteiger partial charge is 0.147 e. The minimum Gasteiger partial charge on any atom is -0.147 e. The average molecular weight is 431 g/mol. The minimum absolute atomic E-state index is 0. The van der Waals surface area contributed by atoms with Crippen molar-refractivity contribution in [1.82, 2.24) is 0 Å². The van der Waals surface area contributed by atoms with E-state index in [1.54, 1.807) is 0 Å². The molecule has 0 spiro atoms. The van der Waals surface area contributed by atoms with Gasteiger partial charge in [0.2, 0.25) is 0 Å². The van der Waals surface area contributed by atoms with Crippen molar-refractivity contribution in [2.45, 2.75) is 46.8 Å². The van der Waals surface area contributed by atoms with E-state index in [0.717, 1.165) is 0 Å². The minimum atomic E-state index is -0.384. The van der Waals surface area contributed by atoms with Gasteiger partial charge < -0.3 is 0 Å². The summed E-state index contributed by atoms with van der Waals surface area (Å²) in [5.41, 5.74) is 3.65. The van der Waals surface area contributed by atoms with Crippen LogP contribution >= 0.6 is 24.8 Å². The Kier molecular flexibility index (Phi) is 9.98. The normalized spacial score (nSPS) is 11.1. The van der Waals surface area contributed by atoms with Gasteiger partial charge in [-0.25, -0.2) is 0 Å². The first kappa shape index (κ1) is 22.9. The van der Waals surface area contributed by atoms with E-state index >= 15 is 0 Å². The zero-order valence-electron chi connectivity index (χ0n) is 14.5. The topological polar surface area (TPSA) is 0 Å². The summed E-state index contributed by atoms with van der Waals surface area (Å²) in [7, 11) is 0. The SMILES string of the molecule is CC(C)([CH2][Zr][CH2]C(C)(C)c1ccccc1)c1ccccc1.Cl.Cl. The van der Waals surface area contributed by atoms with Crippen LogP contribution in [0.1, 0.15) is 38.8 Å². The molecule has 0 N–H and O–H groups in total. The molecule has 0 bridgehead atoms. The second kappa shape index (κ2) is 10.0. The number of hydrogen-bond acceptors (Lipinski definition) is 0. The monoisotopic (exact) mass is 428 g/mol. The number of rotatable bonds is 6. The van der Waals surface area contributed by atoms with Gasteiger partial charge in [-0.3, -0.25) is 0 Å². The van der Waals surface area contributed by atoms with E-state index in [1.807, 2.05) is 0 Å². The first-order chi connectivity index (χ1) is 9.92. The van der Waals surface area contributed by atoms with Crippen molar-refractivity contribution >= 4 is 24.8 Å². The summed E-state index contributed by atoms with van der Waals surface area (Å²) in [6, 6.07) is 22.0.